The number of rotatable bonds is 4. The third kappa shape index (κ3) is 3.62. The summed E-state index contributed by atoms with van der Waals surface area (Å²) in [6, 6.07) is 9.57. The number of carbonyl (C=O) groups is 1. The van der Waals surface area contributed by atoms with Gasteiger partial charge in [0.25, 0.3) is 5.91 Å². The predicted molar refractivity (Wildman–Crippen MR) is 84.4 cm³/mol. The molecular weight excluding hydrogens is 316 g/mol. The van der Waals surface area contributed by atoms with E-state index in [9.17, 15) is 13.2 Å². The van der Waals surface area contributed by atoms with Gasteiger partial charge in [-0.2, -0.15) is 0 Å². The van der Waals surface area contributed by atoms with E-state index in [1.807, 2.05) is 0 Å². The molecule has 7 heteroatoms. The maximum Gasteiger partial charge on any atom is 0.257 e. The molecule has 1 aromatic heterocycles. The number of piperidine rings is 1. The highest BCUT2D eigenvalue weighted by molar-refractivity contribution is 7.89. The fraction of sp³-hybridized carbons (Fsp3) is 0.312. The molecule has 2 aromatic rings. The molecule has 0 bridgehead atoms. The minimum atomic E-state index is -3.57. The Morgan fingerprint density at radius 3 is 2.70 bits per heavy atom. The van der Waals surface area contributed by atoms with Crippen molar-refractivity contribution in [3.63, 3.8) is 0 Å². The van der Waals surface area contributed by atoms with E-state index in [0.717, 1.165) is 6.42 Å². The van der Waals surface area contributed by atoms with Gasteiger partial charge in [-0.15, -0.1) is 0 Å². The summed E-state index contributed by atoms with van der Waals surface area (Å²) in [5.74, 6) is -0.137. The van der Waals surface area contributed by atoms with Crippen LogP contribution in [-0.4, -0.2) is 38.4 Å². The minimum absolute atomic E-state index is 0.137. The van der Waals surface area contributed by atoms with Crippen molar-refractivity contribution in [1.29, 1.82) is 0 Å². The molecule has 122 valence electrons. The molecule has 1 atom stereocenters. The number of hydrogen-bond donors (Lipinski definition) is 1. The van der Waals surface area contributed by atoms with E-state index in [1.54, 1.807) is 41.3 Å². The first-order valence-electron chi connectivity index (χ1n) is 7.45. The number of nitrogens with zero attached hydrogens (tertiary/aromatic N) is 1. The van der Waals surface area contributed by atoms with Crippen LogP contribution < -0.4 is 4.72 Å². The third-order valence-corrected chi connectivity index (χ3v) is 5.39. The fourth-order valence-corrected chi connectivity index (χ4v) is 4.00. The van der Waals surface area contributed by atoms with Crippen LogP contribution in [0.4, 0.5) is 0 Å². The first kappa shape index (κ1) is 15.8. The van der Waals surface area contributed by atoms with Gasteiger partial charge < -0.3 is 9.32 Å². The van der Waals surface area contributed by atoms with Crippen molar-refractivity contribution in [2.24, 2.45) is 0 Å². The lowest BCUT2D eigenvalue weighted by atomic mass is 10.1. The van der Waals surface area contributed by atoms with E-state index in [-0.39, 0.29) is 16.8 Å². The van der Waals surface area contributed by atoms with E-state index in [0.29, 0.717) is 25.1 Å². The van der Waals surface area contributed by atoms with Crippen LogP contribution in [0.3, 0.4) is 0 Å². The van der Waals surface area contributed by atoms with E-state index >= 15 is 0 Å². The Labute approximate surface area is 135 Å². The highest BCUT2D eigenvalue weighted by atomic mass is 32.2. The lowest BCUT2D eigenvalue weighted by molar-refractivity contribution is 0.0702. The van der Waals surface area contributed by atoms with Gasteiger partial charge in [-0.25, -0.2) is 13.1 Å². The quantitative estimate of drug-likeness (QED) is 0.925. The molecule has 0 radical (unpaired) electrons. The van der Waals surface area contributed by atoms with Crippen molar-refractivity contribution in [2.45, 2.75) is 23.8 Å². The van der Waals surface area contributed by atoms with Gasteiger partial charge in [-0.3, -0.25) is 4.79 Å². The Morgan fingerprint density at radius 2 is 2.00 bits per heavy atom. The molecule has 2 heterocycles. The first-order chi connectivity index (χ1) is 11.1. The van der Waals surface area contributed by atoms with Crippen molar-refractivity contribution >= 4 is 15.9 Å². The van der Waals surface area contributed by atoms with Crippen LogP contribution in [0.15, 0.2) is 58.2 Å². The van der Waals surface area contributed by atoms with Gasteiger partial charge in [0, 0.05) is 19.1 Å². The second-order valence-electron chi connectivity index (χ2n) is 5.54. The highest BCUT2D eigenvalue weighted by Crippen LogP contribution is 2.17. The van der Waals surface area contributed by atoms with E-state index in [2.05, 4.69) is 4.72 Å². The topological polar surface area (TPSA) is 79.6 Å². The lowest BCUT2D eigenvalue weighted by Crippen LogP contribution is -2.49. The van der Waals surface area contributed by atoms with Gasteiger partial charge in [0.2, 0.25) is 10.0 Å². The number of likely N-dealkylation sites (tertiary alicyclic amines) is 1. The summed E-state index contributed by atoms with van der Waals surface area (Å²) in [5.41, 5.74) is 0.483. The number of nitrogens with one attached hydrogen (secondary N) is 1. The molecule has 0 aliphatic carbocycles. The van der Waals surface area contributed by atoms with Crippen molar-refractivity contribution < 1.29 is 17.6 Å². The molecular formula is C16H18N2O4S. The summed E-state index contributed by atoms with van der Waals surface area (Å²) in [4.78, 5) is 14.2. The van der Waals surface area contributed by atoms with Crippen molar-refractivity contribution in [2.75, 3.05) is 13.1 Å². The van der Waals surface area contributed by atoms with Gasteiger partial charge >= 0.3 is 0 Å². The maximum absolute atomic E-state index is 12.4. The molecule has 1 fully saturated rings. The van der Waals surface area contributed by atoms with Gasteiger partial charge in [0.15, 0.2) is 0 Å². The molecule has 1 aliphatic heterocycles. The van der Waals surface area contributed by atoms with Gasteiger partial charge in [-0.05, 0) is 31.0 Å². The molecule has 0 saturated carbocycles. The Balaban J connectivity index is 1.68. The van der Waals surface area contributed by atoms with Crippen LogP contribution >= 0.6 is 0 Å². The van der Waals surface area contributed by atoms with Crippen LogP contribution in [0.1, 0.15) is 23.2 Å². The van der Waals surface area contributed by atoms with Gasteiger partial charge in [0.05, 0.1) is 16.7 Å². The Kier molecular flexibility index (Phi) is 4.49. The smallest absolute Gasteiger partial charge is 0.257 e. The summed E-state index contributed by atoms with van der Waals surface area (Å²) in [6.45, 7) is 0.976. The Bertz CT molecular complexity index is 757. The van der Waals surface area contributed by atoms with Crippen LogP contribution in [0.2, 0.25) is 0 Å². The molecule has 6 nitrogen and oxygen atoms in total. The summed E-state index contributed by atoms with van der Waals surface area (Å²) >= 11 is 0. The average Bonchev–Trinajstić information content (AvgIpc) is 3.09. The number of carbonyl (C=O) groups excluding carboxylic acids is 1. The van der Waals surface area contributed by atoms with Crippen LogP contribution in [0, 0.1) is 0 Å². The second kappa shape index (κ2) is 6.55. The van der Waals surface area contributed by atoms with Crippen molar-refractivity contribution in [1.82, 2.24) is 9.62 Å². The summed E-state index contributed by atoms with van der Waals surface area (Å²) in [5, 5.41) is 0. The normalized spacial score (nSPS) is 18.8. The largest absolute Gasteiger partial charge is 0.472 e. The summed E-state index contributed by atoms with van der Waals surface area (Å²) in [6.07, 6.45) is 4.32. The Hall–Kier alpha value is -2.12. The van der Waals surface area contributed by atoms with Crippen molar-refractivity contribution in [3.05, 3.63) is 54.5 Å². The van der Waals surface area contributed by atoms with E-state index in [1.165, 1.54) is 12.5 Å². The zero-order valence-electron chi connectivity index (χ0n) is 12.5. The molecule has 1 N–H and O–H groups in total. The number of sulfonamides is 1. The molecule has 1 amide bonds. The summed E-state index contributed by atoms with van der Waals surface area (Å²) in [7, 11) is -3.57. The van der Waals surface area contributed by atoms with Gasteiger partial charge in [0.1, 0.15) is 6.26 Å². The van der Waals surface area contributed by atoms with Crippen LogP contribution in [0.5, 0.6) is 0 Å². The Morgan fingerprint density at radius 1 is 1.22 bits per heavy atom. The molecule has 1 aliphatic rings. The highest BCUT2D eigenvalue weighted by Gasteiger charge is 2.28. The average molecular weight is 334 g/mol. The van der Waals surface area contributed by atoms with Crippen LogP contribution in [0.25, 0.3) is 0 Å². The number of hydrogen-bond acceptors (Lipinski definition) is 4. The molecule has 1 saturated heterocycles. The zero-order valence-corrected chi connectivity index (χ0v) is 13.3. The molecule has 0 unspecified atom stereocenters. The lowest BCUT2D eigenvalue weighted by Gasteiger charge is -2.32. The number of benzene rings is 1. The second-order valence-corrected chi connectivity index (χ2v) is 7.25. The fourth-order valence-electron chi connectivity index (χ4n) is 2.71. The van der Waals surface area contributed by atoms with E-state index < -0.39 is 10.0 Å². The maximum atomic E-state index is 12.4. The molecule has 1 aromatic carbocycles. The third-order valence-electron chi connectivity index (χ3n) is 3.85. The first-order valence-corrected chi connectivity index (χ1v) is 8.93. The summed E-state index contributed by atoms with van der Waals surface area (Å²) < 4.78 is 32.4. The monoisotopic (exact) mass is 334 g/mol. The number of amides is 1. The molecule has 0 spiro atoms. The predicted octanol–water partition coefficient (Wildman–Crippen LogP) is 1.86. The van der Waals surface area contributed by atoms with Gasteiger partial charge in [-0.1, -0.05) is 18.2 Å². The standard InChI is InChI=1S/C16H18N2O4S/c19-16(13-8-10-22-12-13)18-9-4-5-14(11-18)17-23(20,21)15-6-2-1-3-7-15/h1-3,6-8,10,12,14,17H,4-5,9,11H2/t14-/m0/s1. The van der Waals surface area contributed by atoms with Crippen LogP contribution in [-0.2, 0) is 10.0 Å². The number of furan rings is 1. The SMILES string of the molecule is O=C(c1ccoc1)N1CCC[C@H](NS(=O)(=O)c2ccccc2)C1. The minimum Gasteiger partial charge on any atom is -0.472 e. The molecule has 23 heavy (non-hydrogen) atoms. The zero-order chi connectivity index (χ0) is 16.3. The van der Waals surface area contributed by atoms with E-state index in [4.69, 9.17) is 4.42 Å². The molecule has 3 rings (SSSR count). The van der Waals surface area contributed by atoms with Crippen molar-refractivity contribution in [3.8, 4) is 0 Å².